The van der Waals surface area contributed by atoms with Gasteiger partial charge in [-0.05, 0) is 18.9 Å². The molecular weight excluding hydrogens is 310 g/mol. The zero-order valence-electron chi connectivity index (χ0n) is 12.0. The fourth-order valence-electron chi connectivity index (χ4n) is 2.44. The van der Waals surface area contributed by atoms with E-state index >= 15 is 0 Å². The summed E-state index contributed by atoms with van der Waals surface area (Å²) in [6, 6.07) is 2.87. The summed E-state index contributed by atoms with van der Waals surface area (Å²) in [6.07, 6.45) is 2.54. The molecule has 0 radical (unpaired) electrons. The van der Waals surface area contributed by atoms with Gasteiger partial charge in [-0.1, -0.05) is 6.42 Å². The van der Waals surface area contributed by atoms with Crippen molar-refractivity contribution < 1.29 is 14.8 Å². The van der Waals surface area contributed by atoms with Crippen LogP contribution in [0.2, 0.25) is 0 Å². The van der Waals surface area contributed by atoms with E-state index in [1.807, 2.05) is 0 Å². The van der Waals surface area contributed by atoms with E-state index in [2.05, 4.69) is 10.2 Å². The van der Waals surface area contributed by atoms with Crippen LogP contribution in [-0.4, -0.2) is 20.4 Å². The van der Waals surface area contributed by atoms with Crippen LogP contribution in [0.25, 0.3) is 0 Å². The van der Waals surface area contributed by atoms with Gasteiger partial charge >= 0.3 is 11.4 Å². The van der Waals surface area contributed by atoms with E-state index < -0.39 is 31.8 Å². The number of azo groups is 1. The summed E-state index contributed by atoms with van der Waals surface area (Å²) in [5, 5.41) is 40.4. The maximum absolute atomic E-state index is 11.3. The first kappa shape index (κ1) is 16.4. The van der Waals surface area contributed by atoms with Crippen LogP contribution in [0.15, 0.2) is 28.4 Å². The molecule has 0 bridgehead atoms. The minimum atomic E-state index is -1.58. The van der Waals surface area contributed by atoms with Crippen LogP contribution in [0.4, 0.5) is 17.1 Å². The van der Waals surface area contributed by atoms with Gasteiger partial charge in [0.2, 0.25) is 0 Å². The van der Waals surface area contributed by atoms with Crippen molar-refractivity contribution in [1.82, 2.24) is 0 Å². The molecule has 1 aromatic rings. The Labute approximate surface area is 129 Å². The van der Waals surface area contributed by atoms with Crippen LogP contribution in [0.1, 0.15) is 32.1 Å². The molecular formula is C12H13N5O6. The third kappa shape index (κ3) is 3.44. The topological polar surface area (TPSA) is 154 Å². The molecule has 11 heteroatoms. The number of nitrogens with zero attached hydrogens (tertiary/aromatic N) is 5. The fourth-order valence-corrected chi connectivity index (χ4v) is 2.44. The zero-order valence-corrected chi connectivity index (χ0v) is 12.0. The lowest BCUT2D eigenvalue weighted by molar-refractivity contribution is -0.574. The van der Waals surface area contributed by atoms with Crippen molar-refractivity contribution in [3.05, 3.63) is 48.5 Å². The third-order valence-corrected chi connectivity index (χ3v) is 3.70. The van der Waals surface area contributed by atoms with Gasteiger partial charge in [-0.25, -0.2) is 0 Å². The predicted octanol–water partition coefficient (Wildman–Crippen LogP) is 3.52. The molecule has 0 aliphatic heterocycles. The van der Waals surface area contributed by atoms with Gasteiger partial charge in [-0.2, -0.15) is 0 Å². The lowest BCUT2D eigenvalue weighted by Crippen LogP contribution is -2.37. The van der Waals surface area contributed by atoms with Crippen molar-refractivity contribution in [2.45, 2.75) is 37.8 Å². The van der Waals surface area contributed by atoms with Crippen molar-refractivity contribution in [1.29, 1.82) is 0 Å². The van der Waals surface area contributed by atoms with Gasteiger partial charge in [0.1, 0.15) is 0 Å². The SMILES string of the molecule is O=[N+]([O-])c1ccc(N=NC2([N+](=O)[O-])CCCCC2)c([N+](=O)[O-])c1. The summed E-state index contributed by atoms with van der Waals surface area (Å²) in [7, 11) is 0. The highest BCUT2D eigenvalue weighted by molar-refractivity contribution is 5.61. The monoisotopic (exact) mass is 323 g/mol. The molecule has 23 heavy (non-hydrogen) atoms. The van der Waals surface area contributed by atoms with E-state index in [1.165, 1.54) is 0 Å². The molecule has 0 unspecified atom stereocenters. The Kier molecular flexibility index (Phi) is 4.57. The highest BCUT2D eigenvalue weighted by atomic mass is 16.6. The molecule has 0 aromatic heterocycles. The maximum atomic E-state index is 11.3. The van der Waals surface area contributed by atoms with E-state index in [1.54, 1.807) is 0 Å². The van der Waals surface area contributed by atoms with Crippen molar-refractivity contribution >= 4 is 17.1 Å². The lowest BCUT2D eigenvalue weighted by atomic mass is 9.90. The minimum absolute atomic E-state index is 0.213. The zero-order chi connectivity index (χ0) is 17.0. The van der Waals surface area contributed by atoms with Gasteiger partial charge in [0.05, 0.1) is 20.8 Å². The first-order valence-electron chi connectivity index (χ1n) is 6.86. The summed E-state index contributed by atoms with van der Waals surface area (Å²) in [5.41, 5.74) is -2.89. The highest BCUT2D eigenvalue weighted by Crippen LogP contribution is 2.36. The van der Waals surface area contributed by atoms with Gasteiger partial charge in [0, 0.05) is 18.9 Å². The van der Waals surface area contributed by atoms with Gasteiger partial charge < -0.3 is 0 Å². The number of hydrogen-bond acceptors (Lipinski definition) is 8. The molecule has 2 rings (SSSR count). The molecule has 0 N–H and O–H groups in total. The molecule has 0 heterocycles. The molecule has 1 fully saturated rings. The highest BCUT2D eigenvalue weighted by Gasteiger charge is 2.44. The summed E-state index contributed by atoms with van der Waals surface area (Å²) < 4.78 is 0. The van der Waals surface area contributed by atoms with E-state index in [-0.39, 0.29) is 18.5 Å². The van der Waals surface area contributed by atoms with E-state index in [4.69, 9.17) is 0 Å². The van der Waals surface area contributed by atoms with Crippen molar-refractivity contribution in [2.24, 2.45) is 10.2 Å². The smallest absolute Gasteiger partial charge is 0.262 e. The molecule has 1 aromatic carbocycles. The second kappa shape index (κ2) is 6.42. The number of benzene rings is 1. The maximum Gasteiger partial charge on any atom is 0.329 e. The molecule has 0 amide bonds. The van der Waals surface area contributed by atoms with Crippen LogP contribution in [-0.2, 0) is 0 Å². The molecule has 0 atom stereocenters. The summed E-state index contributed by atoms with van der Waals surface area (Å²) in [6.45, 7) is 0. The Hall–Kier alpha value is -2.98. The largest absolute Gasteiger partial charge is 0.329 e. The Balaban J connectivity index is 2.39. The normalized spacial score (nSPS) is 17.0. The molecule has 1 aliphatic carbocycles. The average molecular weight is 323 g/mol. The number of non-ortho nitro benzene ring substituents is 1. The predicted molar refractivity (Wildman–Crippen MR) is 77.1 cm³/mol. The van der Waals surface area contributed by atoms with Crippen LogP contribution < -0.4 is 0 Å². The quantitative estimate of drug-likeness (QED) is 0.458. The number of hydrogen-bond donors (Lipinski definition) is 0. The molecule has 1 saturated carbocycles. The minimum Gasteiger partial charge on any atom is -0.262 e. The Morgan fingerprint density at radius 1 is 0.957 bits per heavy atom. The number of nitro groups is 3. The van der Waals surface area contributed by atoms with Crippen LogP contribution >= 0.6 is 0 Å². The summed E-state index contributed by atoms with van der Waals surface area (Å²) >= 11 is 0. The van der Waals surface area contributed by atoms with Crippen molar-refractivity contribution in [3.63, 3.8) is 0 Å². The molecule has 0 spiro atoms. The molecule has 1 aliphatic rings. The molecule has 11 nitrogen and oxygen atoms in total. The van der Waals surface area contributed by atoms with E-state index in [0.717, 1.165) is 24.6 Å². The first-order valence-corrected chi connectivity index (χ1v) is 6.86. The van der Waals surface area contributed by atoms with Gasteiger partial charge in [-0.3, -0.25) is 30.3 Å². The van der Waals surface area contributed by atoms with Gasteiger partial charge in [0.25, 0.3) is 5.69 Å². The Morgan fingerprint density at radius 3 is 2.13 bits per heavy atom. The molecule has 0 saturated heterocycles. The second-order valence-corrected chi connectivity index (χ2v) is 5.19. The fraction of sp³-hybridized carbons (Fsp3) is 0.500. The number of rotatable bonds is 5. The summed E-state index contributed by atoms with van der Waals surface area (Å²) in [5.74, 6) is 0. The Bertz CT molecular complexity index is 683. The number of nitro benzene ring substituents is 2. The summed E-state index contributed by atoms with van der Waals surface area (Å²) in [4.78, 5) is 30.8. The second-order valence-electron chi connectivity index (χ2n) is 5.19. The third-order valence-electron chi connectivity index (χ3n) is 3.70. The lowest BCUT2D eigenvalue weighted by Gasteiger charge is -2.23. The Morgan fingerprint density at radius 2 is 1.61 bits per heavy atom. The van der Waals surface area contributed by atoms with Crippen LogP contribution in [0.3, 0.4) is 0 Å². The van der Waals surface area contributed by atoms with E-state index in [0.29, 0.717) is 12.8 Å². The van der Waals surface area contributed by atoms with Gasteiger partial charge in [-0.15, -0.1) is 10.2 Å². The first-order chi connectivity index (χ1) is 10.9. The van der Waals surface area contributed by atoms with Crippen LogP contribution in [0.5, 0.6) is 0 Å². The average Bonchev–Trinajstić information content (AvgIpc) is 2.53. The van der Waals surface area contributed by atoms with Gasteiger partial charge in [0.15, 0.2) is 5.69 Å². The van der Waals surface area contributed by atoms with E-state index in [9.17, 15) is 30.3 Å². The van der Waals surface area contributed by atoms with Crippen molar-refractivity contribution in [3.8, 4) is 0 Å². The van der Waals surface area contributed by atoms with Crippen molar-refractivity contribution in [2.75, 3.05) is 0 Å². The molecule has 122 valence electrons. The standard InChI is InChI=1S/C12H13N5O6/c18-15(19)9-4-5-10(11(8-9)16(20)21)13-14-12(17(22)23)6-2-1-3-7-12/h4-5,8H,1-3,6-7H2. The van der Waals surface area contributed by atoms with Crippen LogP contribution in [0, 0.1) is 30.3 Å².